The topological polar surface area (TPSA) is 80.6 Å². The number of nitrogens with one attached hydrogen (secondary N) is 1. The van der Waals surface area contributed by atoms with Crippen LogP contribution in [-0.2, 0) is 18.1 Å². The van der Waals surface area contributed by atoms with Crippen molar-refractivity contribution in [3.8, 4) is 6.07 Å². The Morgan fingerprint density at radius 3 is 2.16 bits per heavy atom. The van der Waals surface area contributed by atoms with Crippen molar-refractivity contribution in [1.29, 1.82) is 5.26 Å². The van der Waals surface area contributed by atoms with Gasteiger partial charge in [0.1, 0.15) is 6.42 Å². The molecule has 0 radical (unpaired) electrons. The lowest BCUT2D eigenvalue weighted by atomic mass is 10.3. The first-order valence-corrected chi connectivity index (χ1v) is 7.27. The van der Waals surface area contributed by atoms with Crippen molar-refractivity contribution < 1.29 is 18.1 Å². The number of rotatable bonds is 6. The van der Waals surface area contributed by atoms with Gasteiger partial charge in [-0.05, 0) is 12.1 Å². The molecular weight excluding hydrogens is 264 g/mol. The Bertz CT molecular complexity index is 457. The van der Waals surface area contributed by atoms with Crippen molar-refractivity contribution in [1.82, 2.24) is 0 Å². The SMILES string of the molecule is CO[Si](OC)(OC)c1ccc(NC(=O)CC#N)cc1. The van der Waals surface area contributed by atoms with Crippen molar-refractivity contribution in [3.05, 3.63) is 24.3 Å². The summed E-state index contributed by atoms with van der Waals surface area (Å²) < 4.78 is 16.0. The van der Waals surface area contributed by atoms with Gasteiger partial charge in [-0.3, -0.25) is 4.79 Å². The molecule has 0 aromatic heterocycles. The van der Waals surface area contributed by atoms with Crippen LogP contribution >= 0.6 is 0 Å². The highest BCUT2D eigenvalue weighted by Gasteiger charge is 2.40. The predicted octanol–water partition coefficient (Wildman–Crippen LogP) is 0.624. The molecule has 0 spiro atoms. The van der Waals surface area contributed by atoms with Gasteiger partial charge in [-0.25, -0.2) is 0 Å². The van der Waals surface area contributed by atoms with Gasteiger partial charge in [0, 0.05) is 32.2 Å². The first-order chi connectivity index (χ1) is 9.11. The molecule has 102 valence electrons. The second-order valence-electron chi connectivity index (χ2n) is 3.63. The average Bonchev–Trinajstić information content (AvgIpc) is 2.43. The average molecular weight is 280 g/mol. The van der Waals surface area contributed by atoms with E-state index in [2.05, 4.69) is 5.32 Å². The van der Waals surface area contributed by atoms with Crippen LogP contribution in [0.3, 0.4) is 0 Å². The van der Waals surface area contributed by atoms with Crippen molar-refractivity contribution in [3.63, 3.8) is 0 Å². The van der Waals surface area contributed by atoms with E-state index in [0.29, 0.717) is 5.69 Å². The van der Waals surface area contributed by atoms with Crippen molar-refractivity contribution >= 4 is 25.6 Å². The van der Waals surface area contributed by atoms with E-state index >= 15 is 0 Å². The highest BCUT2D eigenvalue weighted by atomic mass is 28.4. The summed E-state index contributed by atoms with van der Waals surface area (Å²) in [7, 11) is 1.75. The molecule has 0 saturated carbocycles. The molecule has 1 aromatic carbocycles. The minimum atomic E-state index is -2.84. The number of carbonyl (C=O) groups is 1. The smallest absolute Gasteiger partial charge is 0.373 e. The summed E-state index contributed by atoms with van der Waals surface area (Å²) >= 11 is 0. The maximum absolute atomic E-state index is 11.3. The van der Waals surface area contributed by atoms with E-state index in [-0.39, 0.29) is 12.3 Å². The van der Waals surface area contributed by atoms with Gasteiger partial charge in [0.25, 0.3) is 0 Å². The third-order valence-electron chi connectivity index (χ3n) is 2.57. The highest BCUT2D eigenvalue weighted by Crippen LogP contribution is 2.11. The molecule has 1 N–H and O–H groups in total. The van der Waals surface area contributed by atoms with Crippen LogP contribution in [0.15, 0.2) is 24.3 Å². The number of carbonyl (C=O) groups excluding carboxylic acids is 1. The van der Waals surface area contributed by atoms with Gasteiger partial charge in [0.05, 0.1) is 6.07 Å². The zero-order valence-electron chi connectivity index (χ0n) is 11.1. The molecule has 0 saturated heterocycles. The number of anilines is 1. The van der Waals surface area contributed by atoms with Gasteiger partial charge < -0.3 is 18.6 Å². The Morgan fingerprint density at radius 1 is 1.21 bits per heavy atom. The van der Waals surface area contributed by atoms with Crippen LogP contribution in [0.4, 0.5) is 5.69 Å². The van der Waals surface area contributed by atoms with Crippen LogP contribution in [0.2, 0.25) is 0 Å². The van der Waals surface area contributed by atoms with E-state index in [1.54, 1.807) is 30.3 Å². The van der Waals surface area contributed by atoms with Crippen LogP contribution in [0.1, 0.15) is 6.42 Å². The third kappa shape index (κ3) is 3.62. The van der Waals surface area contributed by atoms with Crippen molar-refractivity contribution in [2.45, 2.75) is 6.42 Å². The molecule has 1 aromatic rings. The molecule has 0 heterocycles. The van der Waals surface area contributed by atoms with Crippen molar-refractivity contribution in [2.75, 3.05) is 26.6 Å². The number of nitrogens with zero attached hydrogens (tertiary/aromatic N) is 1. The van der Waals surface area contributed by atoms with E-state index in [4.69, 9.17) is 18.5 Å². The molecule has 0 aliphatic heterocycles. The van der Waals surface area contributed by atoms with E-state index in [0.717, 1.165) is 5.19 Å². The zero-order chi connectivity index (χ0) is 14.3. The van der Waals surface area contributed by atoms with Crippen LogP contribution in [0, 0.1) is 11.3 Å². The second-order valence-corrected chi connectivity index (χ2v) is 6.54. The summed E-state index contributed by atoms with van der Waals surface area (Å²) in [5.74, 6) is -0.344. The van der Waals surface area contributed by atoms with E-state index in [9.17, 15) is 4.79 Å². The van der Waals surface area contributed by atoms with Crippen LogP contribution in [0.25, 0.3) is 0 Å². The molecule has 0 aliphatic rings. The fourth-order valence-electron chi connectivity index (χ4n) is 1.64. The van der Waals surface area contributed by atoms with Gasteiger partial charge in [-0.2, -0.15) is 5.26 Å². The summed E-state index contributed by atoms with van der Waals surface area (Å²) in [5, 5.41) is 11.8. The predicted molar refractivity (Wildman–Crippen MR) is 71.7 cm³/mol. The monoisotopic (exact) mass is 280 g/mol. The molecule has 19 heavy (non-hydrogen) atoms. The van der Waals surface area contributed by atoms with Gasteiger partial charge in [0.15, 0.2) is 0 Å². The van der Waals surface area contributed by atoms with Crippen molar-refractivity contribution in [2.24, 2.45) is 0 Å². The molecule has 0 unspecified atom stereocenters. The van der Waals surface area contributed by atoms with Gasteiger partial charge >= 0.3 is 8.80 Å². The summed E-state index contributed by atoms with van der Waals surface area (Å²) in [6.07, 6.45) is -0.172. The van der Waals surface area contributed by atoms with Gasteiger partial charge in [0.2, 0.25) is 5.91 Å². The molecule has 1 rings (SSSR count). The lowest BCUT2D eigenvalue weighted by molar-refractivity contribution is -0.115. The fourth-order valence-corrected chi connectivity index (χ4v) is 3.42. The van der Waals surface area contributed by atoms with E-state index in [1.165, 1.54) is 21.3 Å². The number of nitriles is 1. The molecule has 0 atom stereocenters. The summed E-state index contributed by atoms with van der Waals surface area (Å²) in [6.45, 7) is 0. The van der Waals surface area contributed by atoms with Crippen LogP contribution < -0.4 is 10.5 Å². The largest absolute Gasteiger partial charge is 0.536 e. The zero-order valence-corrected chi connectivity index (χ0v) is 12.1. The fraction of sp³-hybridized carbons (Fsp3) is 0.333. The maximum Gasteiger partial charge on any atom is 0.536 e. The standard InChI is InChI=1S/C12H16N2O4Si/c1-16-19(17-2,18-3)11-6-4-10(5-7-11)14-12(15)8-9-13/h4-7H,8H2,1-3H3,(H,14,15). The first-order valence-electron chi connectivity index (χ1n) is 5.54. The second kappa shape index (κ2) is 7.01. The summed E-state index contributed by atoms with van der Waals surface area (Å²) in [5.41, 5.74) is 0.607. The van der Waals surface area contributed by atoms with Crippen LogP contribution in [-0.4, -0.2) is 36.0 Å². The van der Waals surface area contributed by atoms with Gasteiger partial charge in [-0.1, -0.05) is 12.1 Å². The van der Waals surface area contributed by atoms with Gasteiger partial charge in [-0.15, -0.1) is 0 Å². The molecule has 7 heteroatoms. The molecule has 0 bridgehead atoms. The Hall–Kier alpha value is -1.72. The summed E-state index contributed by atoms with van der Waals surface area (Å²) in [4.78, 5) is 11.3. The Labute approximate surface area is 113 Å². The van der Waals surface area contributed by atoms with E-state index in [1.807, 2.05) is 0 Å². The first kappa shape index (κ1) is 15.3. The molecule has 0 aliphatic carbocycles. The normalized spacial score (nSPS) is 10.8. The minimum Gasteiger partial charge on any atom is -0.373 e. The number of hydrogen-bond acceptors (Lipinski definition) is 5. The van der Waals surface area contributed by atoms with E-state index < -0.39 is 8.80 Å². The Kier molecular flexibility index (Phi) is 5.66. The lowest BCUT2D eigenvalue weighted by Gasteiger charge is -2.24. The number of hydrogen-bond donors (Lipinski definition) is 1. The third-order valence-corrected chi connectivity index (χ3v) is 5.22. The lowest BCUT2D eigenvalue weighted by Crippen LogP contribution is -2.54. The number of benzene rings is 1. The number of amides is 1. The molecule has 1 amide bonds. The summed E-state index contributed by atoms with van der Waals surface area (Å²) in [6, 6.07) is 8.75. The Morgan fingerprint density at radius 2 is 1.74 bits per heavy atom. The maximum atomic E-state index is 11.3. The molecular formula is C12H16N2O4Si. The Balaban J connectivity index is 2.87. The molecule has 6 nitrogen and oxygen atoms in total. The highest BCUT2D eigenvalue weighted by molar-refractivity contribution is 6.75. The molecule has 0 fully saturated rings. The van der Waals surface area contributed by atoms with Crippen LogP contribution in [0.5, 0.6) is 0 Å². The quantitative estimate of drug-likeness (QED) is 0.773. The minimum absolute atomic E-state index is 0.172.